The summed E-state index contributed by atoms with van der Waals surface area (Å²) in [6, 6.07) is 3.61. The Bertz CT molecular complexity index is 741. The second-order valence-electron chi connectivity index (χ2n) is 7.74. The molecule has 1 fully saturated rings. The summed E-state index contributed by atoms with van der Waals surface area (Å²) in [5.41, 5.74) is -0.984. The highest BCUT2D eigenvalue weighted by Crippen LogP contribution is 2.28. The highest BCUT2D eigenvalue weighted by Gasteiger charge is 2.31. The van der Waals surface area contributed by atoms with Crippen molar-refractivity contribution in [3.63, 3.8) is 0 Å². The zero-order chi connectivity index (χ0) is 20.2. The fourth-order valence-electron chi connectivity index (χ4n) is 3.09. The number of thiophene rings is 1. The van der Waals surface area contributed by atoms with Crippen LogP contribution < -0.4 is 14.8 Å². The number of rotatable bonds is 7. The van der Waals surface area contributed by atoms with Crippen molar-refractivity contribution in [2.45, 2.75) is 58.2 Å². The maximum absolute atomic E-state index is 12.5. The molecule has 10 heteroatoms. The standard InChI is InChI=1S/C17H28ClN3O4S2/c1-12(2)21-9-7-13(8-10-21)20-27(23,24)11-17(3,4)19-16(22)25-15-6-5-14(18)26-15/h5-6,12-13,20H,7-11H2,1-4H3,(H,19,22). The molecule has 0 unspecified atom stereocenters. The van der Waals surface area contributed by atoms with Gasteiger partial charge >= 0.3 is 6.09 Å². The van der Waals surface area contributed by atoms with E-state index in [0.29, 0.717) is 15.4 Å². The van der Waals surface area contributed by atoms with Crippen LogP contribution in [-0.4, -0.2) is 55.9 Å². The molecule has 1 aliphatic heterocycles. The molecular formula is C17H28ClN3O4S2. The molecule has 1 amide bonds. The summed E-state index contributed by atoms with van der Waals surface area (Å²) in [6.07, 6.45) is 0.859. The van der Waals surface area contributed by atoms with Crippen LogP contribution in [-0.2, 0) is 10.0 Å². The zero-order valence-electron chi connectivity index (χ0n) is 16.1. The van der Waals surface area contributed by atoms with Gasteiger partial charge in [-0.15, -0.1) is 0 Å². The van der Waals surface area contributed by atoms with Gasteiger partial charge < -0.3 is 15.0 Å². The molecule has 2 N–H and O–H groups in total. The Morgan fingerprint density at radius 1 is 1.37 bits per heavy atom. The van der Waals surface area contributed by atoms with Gasteiger partial charge in [0.15, 0.2) is 5.06 Å². The molecule has 7 nitrogen and oxygen atoms in total. The number of ether oxygens (including phenoxy) is 1. The Morgan fingerprint density at radius 2 is 2.00 bits per heavy atom. The molecule has 1 aliphatic rings. The number of likely N-dealkylation sites (tertiary alicyclic amines) is 1. The number of nitrogens with zero attached hydrogens (tertiary/aromatic N) is 1. The third-order valence-corrected chi connectivity index (χ3v) is 7.24. The van der Waals surface area contributed by atoms with Crippen molar-refractivity contribution in [3.05, 3.63) is 16.5 Å². The van der Waals surface area contributed by atoms with Gasteiger partial charge in [-0.3, -0.25) is 0 Å². The Labute approximate surface area is 170 Å². The number of piperidine rings is 1. The fraction of sp³-hybridized carbons (Fsp3) is 0.706. The second kappa shape index (κ2) is 9.09. The maximum atomic E-state index is 12.5. The molecular weight excluding hydrogens is 410 g/mol. The van der Waals surface area contributed by atoms with E-state index in [4.69, 9.17) is 16.3 Å². The SMILES string of the molecule is CC(C)N1CCC(NS(=O)(=O)CC(C)(C)NC(=O)Oc2ccc(Cl)s2)CC1. The summed E-state index contributed by atoms with van der Waals surface area (Å²) in [7, 11) is -3.55. The molecule has 1 saturated heterocycles. The average molecular weight is 438 g/mol. The van der Waals surface area contributed by atoms with E-state index >= 15 is 0 Å². The van der Waals surface area contributed by atoms with Gasteiger partial charge in [-0.05, 0) is 65.8 Å². The summed E-state index contributed by atoms with van der Waals surface area (Å²) < 4.78 is 33.5. The lowest BCUT2D eigenvalue weighted by molar-refractivity contribution is 0.168. The van der Waals surface area contributed by atoms with Crippen LogP contribution >= 0.6 is 22.9 Å². The van der Waals surface area contributed by atoms with E-state index in [9.17, 15) is 13.2 Å². The topological polar surface area (TPSA) is 87.7 Å². The number of nitrogens with one attached hydrogen (secondary N) is 2. The first kappa shape index (κ1) is 22.4. The molecule has 0 atom stereocenters. The van der Waals surface area contributed by atoms with Gasteiger partial charge in [0.2, 0.25) is 10.0 Å². The van der Waals surface area contributed by atoms with E-state index in [2.05, 4.69) is 28.8 Å². The number of carbonyl (C=O) groups is 1. The number of sulfonamides is 1. The molecule has 27 heavy (non-hydrogen) atoms. The molecule has 2 heterocycles. The normalized spacial score (nSPS) is 17.3. The Kier molecular flexibility index (Phi) is 7.54. The lowest BCUT2D eigenvalue weighted by atomic mass is 10.1. The van der Waals surface area contributed by atoms with Crippen molar-refractivity contribution in [1.29, 1.82) is 0 Å². The number of hydrogen-bond acceptors (Lipinski definition) is 6. The largest absolute Gasteiger partial charge is 0.413 e. The van der Waals surface area contributed by atoms with Crippen LogP contribution in [0.25, 0.3) is 0 Å². The number of amides is 1. The highest BCUT2D eigenvalue weighted by atomic mass is 35.5. The fourth-order valence-corrected chi connectivity index (χ4v) is 5.81. The van der Waals surface area contributed by atoms with Gasteiger partial charge in [0.25, 0.3) is 0 Å². The monoisotopic (exact) mass is 437 g/mol. The molecule has 0 aliphatic carbocycles. The molecule has 0 saturated carbocycles. The van der Waals surface area contributed by atoms with Crippen LogP contribution in [0.4, 0.5) is 4.79 Å². The van der Waals surface area contributed by atoms with Gasteiger partial charge in [0.05, 0.1) is 15.6 Å². The van der Waals surface area contributed by atoms with Crippen molar-refractivity contribution in [2.24, 2.45) is 0 Å². The van der Waals surface area contributed by atoms with E-state index in [1.54, 1.807) is 26.0 Å². The van der Waals surface area contributed by atoms with E-state index in [0.717, 1.165) is 37.3 Å². The predicted molar refractivity (Wildman–Crippen MR) is 109 cm³/mol. The van der Waals surface area contributed by atoms with Crippen LogP contribution in [0.3, 0.4) is 0 Å². The van der Waals surface area contributed by atoms with E-state index < -0.39 is 21.7 Å². The summed E-state index contributed by atoms with van der Waals surface area (Å²) in [5, 5.41) is 2.96. The molecule has 0 bridgehead atoms. The van der Waals surface area contributed by atoms with E-state index in [-0.39, 0.29) is 11.8 Å². The minimum absolute atomic E-state index is 0.0685. The molecule has 0 aromatic carbocycles. The smallest absolute Gasteiger partial charge is 0.399 e. The van der Waals surface area contributed by atoms with Crippen LogP contribution in [0.15, 0.2) is 12.1 Å². The molecule has 0 radical (unpaired) electrons. The third kappa shape index (κ3) is 7.57. The summed E-state index contributed by atoms with van der Waals surface area (Å²) >= 11 is 6.93. The number of carbonyl (C=O) groups excluding carboxylic acids is 1. The van der Waals surface area contributed by atoms with Gasteiger partial charge in [-0.25, -0.2) is 17.9 Å². The maximum Gasteiger partial charge on any atom is 0.413 e. The molecule has 0 spiro atoms. The lowest BCUT2D eigenvalue weighted by Gasteiger charge is -2.35. The first-order valence-electron chi connectivity index (χ1n) is 8.95. The minimum Gasteiger partial charge on any atom is -0.399 e. The first-order valence-corrected chi connectivity index (χ1v) is 11.8. The molecule has 2 rings (SSSR count). The van der Waals surface area contributed by atoms with Crippen LogP contribution in [0, 0.1) is 0 Å². The van der Waals surface area contributed by atoms with Crippen molar-refractivity contribution in [3.8, 4) is 5.06 Å². The quantitative estimate of drug-likeness (QED) is 0.684. The van der Waals surface area contributed by atoms with Crippen LogP contribution in [0.1, 0.15) is 40.5 Å². The van der Waals surface area contributed by atoms with Crippen molar-refractivity contribution in [1.82, 2.24) is 14.9 Å². The Balaban J connectivity index is 1.84. The summed E-state index contributed by atoms with van der Waals surface area (Å²) in [6.45, 7) is 9.33. The first-order chi connectivity index (χ1) is 12.5. The Hall–Kier alpha value is -0.870. The van der Waals surface area contributed by atoms with Gasteiger partial charge in [0, 0.05) is 12.1 Å². The third-order valence-electron chi connectivity index (χ3n) is 4.34. The highest BCUT2D eigenvalue weighted by molar-refractivity contribution is 7.89. The zero-order valence-corrected chi connectivity index (χ0v) is 18.5. The van der Waals surface area contributed by atoms with Gasteiger partial charge in [0.1, 0.15) is 0 Å². The van der Waals surface area contributed by atoms with Gasteiger partial charge in [-0.2, -0.15) is 0 Å². The molecule has 1 aromatic rings. The number of hydrogen-bond donors (Lipinski definition) is 2. The van der Waals surface area contributed by atoms with Crippen molar-refractivity contribution >= 4 is 39.1 Å². The van der Waals surface area contributed by atoms with Crippen LogP contribution in [0.5, 0.6) is 5.06 Å². The lowest BCUT2D eigenvalue weighted by Crippen LogP contribution is -2.53. The Morgan fingerprint density at radius 3 is 2.52 bits per heavy atom. The van der Waals surface area contributed by atoms with Gasteiger partial charge in [-0.1, -0.05) is 22.9 Å². The minimum atomic E-state index is -3.55. The molecule has 1 aromatic heterocycles. The predicted octanol–water partition coefficient (Wildman–Crippen LogP) is 3.06. The molecule has 154 valence electrons. The average Bonchev–Trinajstić information content (AvgIpc) is 2.90. The van der Waals surface area contributed by atoms with Crippen molar-refractivity contribution in [2.75, 3.05) is 18.8 Å². The summed E-state index contributed by atoms with van der Waals surface area (Å²) in [4.78, 5) is 14.4. The van der Waals surface area contributed by atoms with Crippen LogP contribution in [0.2, 0.25) is 4.34 Å². The van der Waals surface area contributed by atoms with E-state index in [1.165, 1.54) is 0 Å². The second-order valence-corrected chi connectivity index (χ2v) is 11.2. The van der Waals surface area contributed by atoms with E-state index in [1.807, 2.05) is 0 Å². The number of halogens is 1. The van der Waals surface area contributed by atoms with Crippen molar-refractivity contribution < 1.29 is 17.9 Å². The summed E-state index contributed by atoms with van der Waals surface area (Å²) in [5.74, 6) is -0.231.